The van der Waals surface area contributed by atoms with Gasteiger partial charge in [0.25, 0.3) is 7.41 Å². The molecule has 0 unspecified atom stereocenters. The number of carbonyl (C=O) groups is 2. The van der Waals surface area contributed by atoms with E-state index in [1.165, 1.54) is 0 Å². The summed E-state index contributed by atoms with van der Waals surface area (Å²) < 4.78 is 0. The van der Waals surface area contributed by atoms with E-state index in [2.05, 4.69) is 5.23 Å². The van der Waals surface area contributed by atoms with Crippen LogP contribution in [0.25, 0.3) is 0 Å². The molecule has 1 saturated carbocycles. The minimum atomic E-state index is 0.356. The van der Waals surface area contributed by atoms with Crippen molar-refractivity contribution in [3.8, 4) is 0 Å². The molecule has 0 radical (unpaired) electrons. The van der Waals surface area contributed by atoms with Crippen molar-refractivity contribution >= 4 is 19.4 Å². The highest BCUT2D eigenvalue weighted by Crippen LogP contribution is 2.13. The third-order valence-corrected chi connectivity index (χ3v) is 2.03. The summed E-state index contributed by atoms with van der Waals surface area (Å²) in [5, 5.41) is 3.07. The largest absolute Gasteiger partial charge is 0.350 e. The molecule has 0 atom stereocenters. The van der Waals surface area contributed by atoms with Gasteiger partial charge in [0, 0.05) is 12.8 Å². The Bertz CT molecular complexity index is 148. The van der Waals surface area contributed by atoms with Crippen molar-refractivity contribution in [2.24, 2.45) is 0 Å². The van der Waals surface area contributed by atoms with Crippen molar-refractivity contribution in [2.75, 3.05) is 0 Å². The zero-order chi connectivity index (χ0) is 8.10. The molecule has 0 aromatic carbocycles. The van der Waals surface area contributed by atoms with Crippen LogP contribution in [0, 0.1) is 0 Å². The second-order valence-corrected chi connectivity index (χ2v) is 2.89. The van der Waals surface area contributed by atoms with E-state index in [1.807, 2.05) is 0 Å². The number of nitrogens with one attached hydrogen (secondary N) is 1. The van der Waals surface area contributed by atoms with Gasteiger partial charge in [0.15, 0.2) is 0 Å². The van der Waals surface area contributed by atoms with Gasteiger partial charge >= 0.3 is 0 Å². The van der Waals surface area contributed by atoms with Gasteiger partial charge in [0.1, 0.15) is 5.78 Å². The molecule has 1 aliphatic rings. The Morgan fingerprint density at radius 1 is 1.45 bits per heavy atom. The predicted molar refractivity (Wildman–Crippen MR) is 44.3 cm³/mol. The fraction of sp³-hybridized carbons (Fsp3) is 0.714. The minimum absolute atomic E-state index is 0.356. The molecule has 0 heterocycles. The van der Waals surface area contributed by atoms with Crippen LogP contribution < -0.4 is 5.23 Å². The van der Waals surface area contributed by atoms with Crippen molar-refractivity contribution in [3.63, 3.8) is 0 Å². The van der Waals surface area contributed by atoms with E-state index in [0.29, 0.717) is 32.1 Å². The van der Waals surface area contributed by atoms with E-state index in [0.717, 1.165) is 19.0 Å². The molecule has 0 saturated heterocycles. The molecule has 0 spiro atoms. The summed E-state index contributed by atoms with van der Waals surface area (Å²) in [6.45, 7) is 0. The quantitative estimate of drug-likeness (QED) is 0.444. The SMILES string of the molecule is O=CBNC1CCC(=O)CC1. The topological polar surface area (TPSA) is 46.2 Å². The Morgan fingerprint density at radius 3 is 2.64 bits per heavy atom. The fourth-order valence-corrected chi connectivity index (χ4v) is 1.36. The van der Waals surface area contributed by atoms with Crippen LogP contribution in [-0.4, -0.2) is 25.4 Å². The van der Waals surface area contributed by atoms with Gasteiger partial charge in [-0.1, -0.05) is 0 Å². The molecule has 0 bridgehead atoms. The van der Waals surface area contributed by atoms with Gasteiger partial charge in [-0.05, 0) is 18.9 Å². The molecule has 1 fully saturated rings. The molecule has 1 N–H and O–H groups in total. The van der Waals surface area contributed by atoms with Crippen molar-refractivity contribution < 1.29 is 9.59 Å². The average molecular weight is 153 g/mol. The van der Waals surface area contributed by atoms with Crippen molar-refractivity contribution in [3.05, 3.63) is 0 Å². The molecule has 0 aliphatic heterocycles. The first-order valence-electron chi connectivity index (χ1n) is 4.01. The van der Waals surface area contributed by atoms with Crippen LogP contribution in [0.2, 0.25) is 0 Å². The van der Waals surface area contributed by atoms with E-state index in [9.17, 15) is 9.59 Å². The van der Waals surface area contributed by atoms with Crippen LogP contribution in [0.5, 0.6) is 0 Å². The van der Waals surface area contributed by atoms with Gasteiger partial charge in [0.05, 0.1) is 6.19 Å². The second kappa shape index (κ2) is 4.29. The standard InChI is InChI=1S/C7H12BNO2/c10-5-8-9-6-1-3-7(11)4-2-6/h5-6,8-9H,1-4H2. The number of hydrogen-bond donors (Lipinski definition) is 1. The molecule has 3 nitrogen and oxygen atoms in total. The molecule has 0 aromatic rings. The van der Waals surface area contributed by atoms with Crippen molar-refractivity contribution in [1.29, 1.82) is 0 Å². The Morgan fingerprint density at radius 2 is 2.09 bits per heavy atom. The number of hydrogen-bond acceptors (Lipinski definition) is 3. The van der Waals surface area contributed by atoms with Gasteiger partial charge in [-0.2, -0.15) is 0 Å². The Hall–Kier alpha value is -0.635. The maximum atomic E-state index is 10.8. The lowest BCUT2D eigenvalue weighted by molar-refractivity contribution is -0.120. The molecule has 0 aromatic heterocycles. The highest BCUT2D eigenvalue weighted by molar-refractivity contribution is 6.64. The van der Waals surface area contributed by atoms with E-state index in [-0.39, 0.29) is 0 Å². The molecule has 60 valence electrons. The van der Waals surface area contributed by atoms with Crippen LogP contribution in [0.4, 0.5) is 0 Å². The van der Waals surface area contributed by atoms with Crippen molar-refractivity contribution in [2.45, 2.75) is 31.7 Å². The van der Waals surface area contributed by atoms with Gasteiger partial charge in [0.2, 0.25) is 0 Å². The van der Waals surface area contributed by atoms with Crippen LogP contribution in [0.3, 0.4) is 0 Å². The third kappa shape index (κ3) is 2.84. The summed E-state index contributed by atoms with van der Waals surface area (Å²) in [5.41, 5.74) is 0. The van der Waals surface area contributed by atoms with Gasteiger partial charge in [-0.25, -0.2) is 0 Å². The third-order valence-electron chi connectivity index (χ3n) is 2.03. The van der Waals surface area contributed by atoms with E-state index in [1.54, 1.807) is 0 Å². The Kier molecular flexibility index (Phi) is 3.30. The molecule has 0 amide bonds. The predicted octanol–water partition coefficient (Wildman–Crippen LogP) is -0.371. The summed E-state index contributed by atoms with van der Waals surface area (Å²) in [4.78, 5) is 20.8. The normalized spacial score (nSPS) is 19.8. The lowest BCUT2D eigenvalue weighted by Crippen LogP contribution is -2.36. The zero-order valence-electron chi connectivity index (χ0n) is 6.51. The van der Waals surface area contributed by atoms with Gasteiger partial charge in [-0.15, -0.1) is 0 Å². The molecule has 4 heteroatoms. The monoisotopic (exact) mass is 153 g/mol. The molecule has 1 rings (SSSR count). The van der Waals surface area contributed by atoms with Crippen LogP contribution in [-0.2, 0) is 9.59 Å². The summed E-state index contributed by atoms with van der Waals surface area (Å²) >= 11 is 0. The maximum Gasteiger partial charge on any atom is 0.278 e. The van der Waals surface area contributed by atoms with Gasteiger partial charge < -0.3 is 10.0 Å². The lowest BCUT2D eigenvalue weighted by Gasteiger charge is -2.20. The first-order valence-corrected chi connectivity index (χ1v) is 4.01. The average Bonchev–Trinajstić information content (AvgIpc) is 2.04. The van der Waals surface area contributed by atoms with E-state index in [4.69, 9.17) is 0 Å². The summed E-state index contributed by atoms with van der Waals surface area (Å²) in [7, 11) is 0.416. The smallest absolute Gasteiger partial charge is 0.278 e. The highest BCUT2D eigenvalue weighted by Gasteiger charge is 2.17. The fourth-order valence-electron chi connectivity index (χ4n) is 1.36. The highest BCUT2D eigenvalue weighted by atomic mass is 16.1. The second-order valence-electron chi connectivity index (χ2n) is 2.89. The Balaban J connectivity index is 2.16. The Labute approximate surface area is 66.8 Å². The number of Topliss-reactive ketones (excluding diaryl/α,β-unsaturated/α-hetero) is 1. The van der Waals surface area contributed by atoms with E-state index >= 15 is 0 Å². The first kappa shape index (κ1) is 8.46. The summed E-state index contributed by atoms with van der Waals surface area (Å²) in [6, 6.07) is 0.387. The van der Waals surface area contributed by atoms with Crippen molar-refractivity contribution in [1.82, 2.24) is 5.23 Å². The molecule has 11 heavy (non-hydrogen) atoms. The summed E-state index contributed by atoms with van der Waals surface area (Å²) in [5.74, 6) is 0.356. The van der Waals surface area contributed by atoms with Crippen LogP contribution in [0.1, 0.15) is 25.7 Å². The number of carbonyl (C=O) groups excluding carboxylic acids is 2. The number of rotatable bonds is 3. The molecular weight excluding hydrogens is 141 g/mol. The van der Waals surface area contributed by atoms with E-state index < -0.39 is 0 Å². The summed E-state index contributed by atoms with van der Waals surface area (Å²) in [6.07, 6.45) is 4.00. The van der Waals surface area contributed by atoms with Crippen LogP contribution >= 0.6 is 0 Å². The zero-order valence-corrected chi connectivity index (χ0v) is 6.51. The maximum absolute atomic E-state index is 10.8. The first-order chi connectivity index (χ1) is 5.33. The minimum Gasteiger partial charge on any atom is -0.350 e. The number of ketones is 1. The lowest BCUT2D eigenvalue weighted by atomic mass is 9.88. The molecular formula is C7H12BNO2. The van der Waals surface area contributed by atoms with Gasteiger partial charge in [-0.3, -0.25) is 4.79 Å². The molecule has 1 aliphatic carbocycles. The van der Waals surface area contributed by atoms with Crippen LogP contribution in [0.15, 0.2) is 0 Å².